The second kappa shape index (κ2) is 8.12. The molecule has 0 bridgehead atoms. The zero-order valence-corrected chi connectivity index (χ0v) is 14.6. The molecule has 1 N–H and O–H groups in total. The smallest absolute Gasteiger partial charge is 0.270 e. The molecule has 1 saturated heterocycles. The first-order chi connectivity index (χ1) is 12.1. The average Bonchev–Trinajstić information content (AvgIpc) is 2.65. The van der Waals surface area contributed by atoms with Gasteiger partial charge in [0.05, 0.1) is 6.42 Å². The number of nitrogens with zero attached hydrogens (tertiary/aromatic N) is 2. The molecule has 0 aliphatic carbocycles. The number of hydrogen-bond acceptors (Lipinski definition) is 3. The van der Waals surface area contributed by atoms with Crippen LogP contribution in [-0.2, 0) is 11.2 Å². The Labute approximate surface area is 152 Å². The molecule has 2 aromatic rings. The van der Waals surface area contributed by atoms with Crippen molar-refractivity contribution < 1.29 is 9.59 Å². The number of amides is 2. The van der Waals surface area contributed by atoms with Gasteiger partial charge in [0.25, 0.3) is 5.91 Å². The van der Waals surface area contributed by atoms with Crippen LogP contribution in [0.5, 0.6) is 0 Å². The van der Waals surface area contributed by atoms with E-state index in [9.17, 15) is 9.59 Å². The number of carbonyl (C=O) groups excluding carboxylic acids is 2. The number of rotatable bonds is 4. The topological polar surface area (TPSA) is 62.3 Å². The van der Waals surface area contributed by atoms with E-state index in [1.54, 1.807) is 36.5 Å². The summed E-state index contributed by atoms with van der Waals surface area (Å²) < 4.78 is 0. The van der Waals surface area contributed by atoms with Crippen LogP contribution in [-0.4, -0.2) is 40.8 Å². The van der Waals surface area contributed by atoms with E-state index in [1.807, 2.05) is 17.0 Å². The van der Waals surface area contributed by atoms with Crippen molar-refractivity contribution in [1.82, 2.24) is 15.2 Å². The summed E-state index contributed by atoms with van der Waals surface area (Å²) in [5.74, 6) is -0.0524. The van der Waals surface area contributed by atoms with Crippen LogP contribution in [0.2, 0.25) is 5.02 Å². The molecule has 1 aromatic carbocycles. The van der Waals surface area contributed by atoms with Crippen molar-refractivity contribution in [3.63, 3.8) is 0 Å². The lowest BCUT2D eigenvalue weighted by Gasteiger charge is -2.32. The van der Waals surface area contributed by atoms with E-state index in [4.69, 9.17) is 11.6 Å². The molecule has 6 heteroatoms. The molecule has 0 atom stereocenters. The van der Waals surface area contributed by atoms with E-state index in [-0.39, 0.29) is 17.9 Å². The molecule has 2 amide bonds. The number of aromatic nitrogens is 1. The average molecular weight is 358 g/mol. The van der Waals surface area contributed by atoms with Gasteiger partial charge in [-0.3, -0.25) is 14.6 Å². The van der Waals surface area contributed by atoms with Crippen LogP contribution in [0.3, 0.4) is 0 Å². The molecule has 1 aliphatic rings. The molecule has 1 aromatic heterocycles. The van der Waals surface area contributed by atoms with Gasteiger partial charge in [0.15, 0.2) is 0 Å². The van der Waals surface area contributed by atoms with E-state index < -0.39 is 0 Å². The highest BCUT2D eigenvalue weighted by molar-refractivity contribution is 6.30. The summed E-state index contributed by atoms with van der Waals surface area (Å²) in [6.07, 6.45) is 3.49. The maximum Gasteiger partial charge on any atom is 0.270 e. The van der Waals surface area contributed by atoms with Gasteiger partial charge in [-0.1, -0.05) is 29.8 Å². The largest absolute Gasteiger partial charge is 0.348 e. The zero-order chi connectivity index (χ0) is 17.6. The Bertz CT molecular complexity index is 726. The molecule has 5 nitrogen and oxygen atoms in total. The summed E-state index contributed by atoms with van der Waals surface area (Å²) in [6.45, 7) is 1.30. The number of likely N-dealkylation sites (tertiary alicyclic amines) is 1. The third-order valence-electron chi connectivity index (χ3n) is 4.35. The lowest BCUT2D eigenvalue weighted by atomic mass is 10.0. The molecular weight excluding hydrogens is 338 g/mol. The fourth-order valence-electron chi connectivity index (χ4n) is 2.92. The second-order valence-electron chi connectivity index (χ2n) is 6.15. The van der Waals surface area contributed by atoms with Gasteiger partial charge in [-0.05, 0) is 42.7 Å². The molecule has 3 rings (SSSR count). The molecule has 0 radical (unpaired) electrons. The van der Waals surface area contributed by atoms with Crippen LogP contribution >= 0.6 is 11.6 Å². The molecule has 0 spiro atoms. The van der Waals surface area contributed by atoms with Gasteiger partial charge in [-0.2, -0.15) is 0 Å². The van der Waals surface area contributed by atoms with Crippen LogP contribution < -0.4 is 5.32 Å². The number of piperidine rings is 1. The Morgan fingerprint density at radius 2 is 1.84 bits per heavy atom. The van der Waals surface area contributed by atoms with E-state index in [2.05, 4.69) is 10.3 Å². The van der Waals surface area contributed by atoms with Gasteiger partial charge >= 0.3 is 0 Å². The Morgan fingerprint density at radius 3 is 2.48 bits per heavy atom. The zero-order valence-electron chi connectivity index (χ0n) is 13.8. The predicted molar refractivity (Wildman–Crippen MR) is 96.5 cm³/mol. The molecule has 0 unspecified atom stereocenters. The lowest BCUT2D eigenvalue weighted by molar-refractivity contribution is -0.131. The SMILES string of the molecule is O=C(NC1CCN(C(=O)Cc2ccc(Cl)cc2)CC1)c1ccccn1. The van der Waals surface area contributed by atoms with Crippen molar-refractivity contribution in [3.05, 3.63) is 64.9 Å². The number of benzene rings is 1. The summed E-state index contributed by atoms with van der Waals surface area (Å²) in [4.78, 5) is 30.4. The maximum atomic E-state index is 12.4. The van der Waals surface area contributed by atoms with Crippen molar-refractivity contribution in [2.45, 2.75) is 25.3 Å². The van der Waals surface area contributed by atoms with Gasteiger partial charge in [-0.25, -0.2) is 0 Å². The third kappa shape index (κ3) is 4.79. The molecular formula is C19H20ClN3O2. The highest BCUT2D eigenvalue weighted by Crippen LogP contribution is 2.15. The quantitative estimate of drug-likeness (QED) is 0.915. The van der Waals surface area contributed by atoms with Crippen LogP contribution in [0.4, 0.5) is 0 Å². The fourth-order valence-corrected chi connectivity index (χ4v) is 3.04. The van der Waals surface area contributed by atoms with Crippen molar-refractivity contribution in [1.29, 1.82) is 0 Å². The Hall–Kier alpha value is -2.40. The van der Waals surface area contributed by atoms with Crippen LogP contribution in [0.15, 0.2) is 48.7 Å². The van der Waals surface area contributed by atoms with Gasteiger partial charge in [-0.15, -0.1) is 0 Å². The van der Waals surface area contributed by atoms with Gasteiger partial charge < -0.3 is 10.2 Å². The minimum absolute atomic E-state index is 0.0779. The summed E-state index contributed by atoms with van der Waals surface area (Å²) >= 11 is 5.86. The first-order valence-electron chi connectivity index (χ1n) is 8.36. The molecule has 1 fully saturated rings. The first-order valence-corrected chi connectivity index (χ1v) is 8.74. The first kappa shape index (κ1) is 17.4. The lowest BCUT2D eigenvalue weighted by Crippen LogP contribution is -2.47. The van der Waals surface area contributed by atoms with E-state index in [1.165, 1.54) is 0 Å². The molecule has 1 aliphatic heterocycles. The maximum absolute atomic E-state index is 12.4. The summed E-state index contributed by atoms with van der Waals surface area (Å²) in [7, 11) is 0. The Kier molecular flexibility index (Phi) is 5.66. The van der Waals surface area contributed by atoms with Crippen LogP contribution in [0, 0.1) is 0 Å². The van der Waals surface area contributed by atoms with Crippen molar-refractivity contribution in [2.24, 2.45) is 0 Å². The predicted octanol–water partition coefficient (Wildman–Crippen LogP) is 2.70. The number of halogens is 1. The molecule has 130 valence electrons. The summed E-state index contributed by atoms with van der Waals surface area (Å²) in [6, 6.07) is 12.7. The van der Waals surface area contributed by atoms with E-state index >= 15 is 0 Å². The normalized spacial score (nSPS) is 15.0. The molecule has 0 saturated carbocycles. The number of carbonyl (C=O) groups is 2. The third-order valence-corrected chi connectivity index (χ3v) is 4.60. The second-order valence-corrected chi connectivity index (χ2v) is 6.58. The van der Waals surface area contributed by atoms with Crippen LogP contribution in [0.25, 0.3) is 0 Å². The summed E-state index contributed by atoms with van der Waals surface area (Å²) in [5.41, 5.74) is 1.38. The van der Waals surface area contributed by atoms with Gasteiger partial charge in [0.2, 0.25) is 5.91 Å². The number of hydrogen-bond donors (Lipinski definition) is 1. The van der Waals surface area contributed by atoms with Crippen molar-refractivity contribution in [3.8, 4) is 0 Å². The van der Waals surface area contributed by atoms with E-state index in [0.717, 1.165) is 18.4 Å². The highest BCUT2D eigenvalue weighted by Gasteiger charge is 2.24. The Balaban J connectivity index is 1.47. The highest BCUT2D eigenvalue weighted by atomic mass is 35.5. The number of nitrogens with one attached hydrogen (secondary N) is 1. The van der Waals surface area contributed by atoms with Gasteiger partial charge in [0, 0.05) is 30.4 Å². The minimum atomic E-state index is -0.161. The van der Waals surface area contributed by atoms with Crippen molar-refractivity contribution in [2.75, 3.05) is 13.1 Å². The summed E-state index contributed by atoms with van der Waals surface area (Å²) in [5, 5.41) is 3.66. The van der Waals surface area contributed by atoms with E-state index in [0.29, 0.717) is 30.2 Å². The molecule has 2 heterocycles. The Morgan fingerprint density at radius 1 is 1.12 bits per heavy atom. The number of pyridine rings is 1. The van der Waals surface area contributed by atoms with Crippen molar-refractivity contribution >= 4 is 23.4 Å². The fraction of sp³-hybridized carbons (Fsp3) is 0.316. The van der Waals surface area contributed by atoms with Crippen LogP contribution in [0.1, 0.15) is 28.9 Å². The minimum Gasteiger partial charge on any atom is -0.348 e. The molecule has 25 heavy (non-hydrogen) atoms. The standard InChI is InChI=1S/C19H20ClN3O2/c20-15-6-4-14(5-7-15)13-18(24)23-11-8-16(9-12-23)22-19(25)17-3-1-2-10-21-17/h1-7,10,16H,8-9,11-13H2,(H,22,25). The van der Waals surface area contributed by atoms with Gasteiger partial charge in [0.1, 0.15) is 5.69 Å². The monoisotopic (exact) mass is 357 g/mol.